The van der Waals surface area contributed by atoms with Crippen LogP contribution in [0.1, 0.15) is 41.5 Å². The van der Waals surface area contributed by atoms with Gasteiger partial charge in [0.25, 0.3) is 5.91 Å². The first-order chi connectivity index (χ1) is 11.6. The second-order valence-corrected chi connectivity index (χ2v) is 6.36. The normalized spacial score (nSPS) is 15.5. The molecule has 1 fully saturated rings. The molecule has 1 amide bonds. The molecule has 5 nitrogen and oxygen atoms in total. The van der Waals surface area contributed by atoms with Crippen molar-refractivity contribution in [2.75, 3.05) is 13.1 Å². The summed E-state index contributed by atoms with van der Waals surface area (Å²) < 4.78 is 7.97. The quantitative estimate of drug-likeness (QED) is 0.866. The molecule has 0 spiro atoms. The average Bonchev–Trinajstić information content (AvgIpc) is 2.98. The lowest BCUT2D eigenvalue weighted by molar-refractivity contribution is 0.0588. The Labute approximate surface area is 143 Å². The van der Waals surface area contributed by atoms with Gasteiger partial charge in [0, 0.05) is 38.2 Å². The summed E-state index contributed by atoms with van der Waals surface area (Å²) >= 11 is 0. The van der Waals surface area contributed by atoms with Crippen molar-refractivity contribution in [1.29, 1.82) is 0 Å². The van der Waals surface area contributed by atoms with Gasteiger partial charge < -0.3 is 9.64 Å². The highest BCUT2D eigenvalue weighted by molar-refractivity contribution is 5.92. The van der Waals surface area contributed by atoms with Crippen LogP contribution in [0.3, 0.4) is 0 Å². The first kappa shape index (κ1) is 16.6. The summed E-state index contributed by atoms with van der Waals surface area (Å²) in [5, 5.41) is 4.40. The first-order valence-corrected chi connectivity index (χ1v) is 8.64. The maximum Gasteiger partial charge on any atom is 0.274 e. The van der Waals surface area contributed by atoms with E-state index in [1.807, 2.05) is 47.7 Å². The van der Waals surface area contributed by atoms with E-state index in [0.29, 0.717) is 18.8 Å². The highest BCUT2D eigenvalue weighted by Gasteiger charge is 2.26. The number of carbonyl (C=O) groups is 1. The Morgan fingerprint density at radius 1 is 1.25 bits per heavy atom. The molecule has 1 aromatic carbocycles. The molecule has 0 aliphatic carbocycles. The highest BCUT2D eigenvalue weighted by atomic mass is 16.5. The van der Waals surface area contributed by atoms with Crippen LogP contribution in [0.25, 0.3) is 0 Å². The van der Waals surface area contributed by atoms with Gasteiger partial charge in [0.1, 0.15) is 11.9 Å². The van der Waals surface area contributed by atoms with Gasteiger partial charge in [-0.3, -0.25) is 9.48 Å². The van der Waals surface area contributed by atoms with E-state index in [-0.39, 0.29) is 12.0 Å². The average molecular weight is 327 g/mol. The number of hydrogen-bond acceptors (Lipinski definition) is 3. The Morgan fingerprint density at radius 2 is 1.96 bits per heavy atom. The summed E-state index contributed by atoms with van der Waals surface area (Å²) in [5.74, 6) is 0.972. The van der Waals surface area contributed by atoms with Crippen molar-refractivity contribution in [3.8, 4) is 5.75 Å². The molecule has 0 bridgehead atoms. The van der Waals surface area contributed by atoms with Crippen LogP contribution in [0.2, 0.25) is 0 Å². The highest BCUT2D eigenvalue weighted by Crippen LogP contribution is 2.23. The Bertz CT molecular complexity index is 715. The zero-order valence-electron chi connectivity index (χ0n) is 14.7. The zero-order chi connectivity index (χ0) is 17.1. The topological polar surface area (TPSA) is 47.4 Å². The van der Waals surface area contributed by atoms with Crippen molar-refractivity contribution in [2.45, 2.75) is 46.3 Å². The minimum Gasteiger partial charge on any atom is -0.490 e. The van der Waals surface area contributed by atoms with Crippen molar-refractivity contribution in [2.24, 2.45) is 0 Å². The second-order valence-electron chi connectivity index (χ2n) is 6.36. The number of likely N-dealkylation sites (tertiary alicyclic amines) is 1. The Balaban J connectivity index is 1.58. The van der Waals surface area contributed by atoms with Gasteiger partial charge in [-0.05, 0) is 38.5 Å². The molecule has 2 heterocycles. The van der Waals surface area contributed by atoms with Gasteiger partial charge in [0.15, 0.2) is 5.69 Å². The number of para-hydroxylation sites is 1. The third-order valence-corrected chi connectivity index (χ3v) is 4.62. The van der Waals surface area contributed by atoms with Crippen LogP contribution in [0, 0.1) is 13.8 Å². The van der Waals surface area contributed by atoms with Crippen molar-refractivity contribution in [3.63, 3.8) is 0 Å². The minimum absolute atomic E-state index is 0.0274. The van der Waals surface area contributed by atoms with Crippen molar-refractivity contribution >= 4 is 5.91 Å². The summed E-state index contributed by atoms with van der Waals surface area (Å²) in [6, 6.07) is 9.95. The number of carbonyl (C=O) groups excluding carboxylic acids is 1. The number of aromatic nitrogens is 2. The predicted octanol–water partition coefficient (Wildman–Crippen LogP) is 3.20. The molecule has 0 atom stereocenters. The van der Waals surface area contributed by atoms with Gasteiger partial charge in [-0.25, -0.2) is 0 Å². The number of piperidine rings is 1. The van der Waals surface area contributed by atoms with Gasteiger partial charge in [0.05, 0.1) is 0 Å². The monoisotopic (exact) mass is 327 g/mol. The summed E-state index contributed by atoms with van der Waals surface area (Å²) in [4.78, 5) is 14.5. The standard InChI is InChI=1S/C19H25N3O2/c1-4-22-15(3)13-17(20-22)19(23)21-11-9-16(10-12-21)24-18-8-6-5-7-14(18)2/h5-8,13,16H,4,9-12H2,1-3H3. The van der Waals surface area contributed by atoms with Crippen LogP contribution in [0.15, 0.2) is 30.3 Å². The van der Waals surface area contributed by atoms with Crippen molar-refractivity contribution in [1.82, 2.24) is 14.7 Å². The fraction of sp³-hybridized carbons (Fsp3) is 0.474. The van der Waals surface area contributed by atoms with Crippen LogP contribution in [0.5, 0.6) is 5.75 Å². The van der Waals surface area contributed by atoms with E-state index in [1.165, 1.54) is 0 Å². The van der Waals surface area contributed by atoms with E-state index < -0.39 is 0 Å². The molecule has 1 aliphatic heterocycles. The number of benzene rings is 1. The molecule has 1 aliphatic rings. The van der Waals surface area contributed by atoms with Gasteiger partial charge in [-0.2, -0.15) is 5.10 Å². The molecule has 3 rings (SSSR count). The molecule has 1 aromatic heterocycles. The molecule has 0 N–H and O–H groups in total. The van der Waals surface area contributed by atoms with Gasteiger partial charge >= 0.3 is 0 Å². The predicted molar refractivity (Wildman–Crippen MR) is 93.4 cm³/mol. The summed E-state index contributed by atoms with van der Waals surface area (Å²) in [6.07, 6.45) is 1.88. The van der Waals surface area contributed by atoms with Gasteiger partial charge in [-0.15, -0.1) is 0 Å². The lowest BCUT2D eigenvalue weighted by atomic mass is 10.1. The maximum absolute atomic E-state index is 12.6. The molecule has 24 heavy (non-hydrogen) atoms. The molecule has 0 unspecified atom stereocenters. The number of rotatable bonds is 4. The lowest BCUT2D eigenvalue weighted by Crippen LogP contribution is -2.42. The molecular formula is C19H25N3O2. The number of amides is 1. The Hall–Kier alpha value is -2.30. The molecule has 0 radical (unpaired) electrons. The first-order valence-electron chi connectivity index (χ1n) is 8.64. The molecule has 2 aromatic rings. The van der Waals surface area contributed by atoms with E-state index in [9.17, 15) is 4.79 Å². The third kappa shape index (κ3) is 3.45. The van der Waals surface area contributed by atoms with Gasteiger partial charge in [0.2, 0.25) is 0 Å². The molecule has 5 heteroatoms. The maximum atomic E-state index is 12.6. The van der Waals surface area contributed by atoms with Crippen LogP contribution >= 0.6 is 0 Å². The van der Waals surface area contributed by atoms with E-state index >= 15 is 0 Å². The van der Waals surface area contributed by atoms with E-state index in [4.69, 9.17) is 4.74 Å². The van der Waals surface area contributed by atoms with E-state index in [2.05, 4.69) is 18.1 Å². The Kier molecular flexibility index (Phi) is 4.88. The molecular weight excluding hydrogens is 302 g/mol. The van der Waals surface area contributed by atoms with Gasteiger partial charge in [-0.1, -0.05) is 18.2 Å². The van der Waals surface area contributed by atoms with E-state index in [1.54, 1.807) is 0 Å². The largest absolute Gasteiger partial charge is 0.490 e. The summed E-state index contributed by atoms with van der Waals surface area (Å²) in [5.41, 5.74) is 2.72. The van der Waals surface area contributed by atoms with Crippen LogP contribution in [-0.2, 0) is 6.54 Å². The molecule has 128 valence electrons. The van der Waals surface area contributed by atoms with Crippen molar-refractivity contribution < 1.29 is 9.53 Å². The SMILES string of the molecule is CCn1nc(C(=O)N2CCC(Oc3ccccc3C)CC2)cc1C. The van der Waals surface area contributed by atoms with Crippen LogP contribution in [0.4, 0.5) is 0 Å². The Morgan fingerprint density at radius 3 is 2.58 bits per heavy atom. The summed E-state index contributed by atoms with van der Waals surface area (Å²) in [6.45, 7) is 8.28. The molecule has 1 saturated heterocycles. The number of hydrogen-bond donors (Lipinski definition) is 0. The fourth-order valence-corrected chi connectivity index (χ4v) is 3.14. The van der Waals surface area contributed by atoms with Crippen LogP contribution in [-0.4, -0.2) is 39.8 Å². The lowest BCUT2D eigenvalue weighted by Gasteiger charge is -2.32. The number of nitrogens with zero attached hydrogens (tertiary/aromatic N) is 3. The fourth-order valence-electron chi connectivity index (χ4n) is 3.14. The van der Waals surface area contributed by atoms with E-state index in [0.717, 1.165) is 36.4 Å². The summed E-state index contributed by atoms with van der Waals surface area (Å²) in [7, 11) is 0. The zero-order valence-corrected chi connectivity index (χ0v) is 14.7. The number of ether oxygens (including phenoxy) is 1. The molecule has 0 saturated carbocycles. The van der Waals surface area contributed by atoms with Crippen molar-refractivity contribution in [3.05, 3.63) is 47.3 Å². The van der Waals surface area contributed by atoms with Crippen LogP contribution < -0.4 is 4.74 Å². The smallest absolute Gasteiger partial charge is 0.274 e. The second kappa shape index (κ2) is 7.07. The third-order valence-electron chi connectivity index (χ3n) is 4.62. The number of aryl methyl sites for hydroxylation is 3. The minimum atomic E-state index is 0.0274.